The molecule has 0 spiro atoms. The van der Waals surface area contributed by atoms with Gasteiger partial charge in [-0.25, -0.2) is 4.98 Å². The molecule has 2 rings (SSSR count). The van der Waals surface area contributed by atoms with Crippen LogP contribution in [0.5, 0.6) is 0 Å². The van der Waals surface area contributed by atoms with E-state index in [0.717, 1.165) is 6.42 Å². The van der Waals surface area contributed by atoms with Gasteiger partial charge in [-0.1, -0.05) is 6.92 Å². The van der Waals surface area contributed by atoms with Crippen molar-refractivity contribution in [3.05, 3.63) is 18.2 Å². The highest BCUT2D eigenvalue weighted by molar-refractivity contribution is 5.06. The monoisotopic (exact) mass is 195 g/mol. The molecule has 4 nitrogen and oxygen atoms in total. The summed E-state index contributed by atoms with van der Waals surface area (Å²) in [4.78, 5) is 4.18. The molecule has 14 heavy (non-hydrogen) atoms. The molecule has 1 fully saturated rings. The third-order valence-electron chi connectivity index (χ3n) is 2.77. The van der Waals surface area contributed by atoms with Crippen LogP contribution in [0.15, 0.2) is 12.5 Å². The molecule has 2 atom stereocenters. The summed E-state index contributed by atoms with van der Waals surface area (Å²) in [6, 6.07) is 0.402. The van der Waals surface area contributed by atoms with Gasteiger partial charge in [0.05, 0.1) is 12.0 Å². The SMILES string of the molecule is CCC(N)C(O)c1cn(C2CC2)cn1. The van der Waals surface area contributed by atoms with E-state index in [9.17, 15) is 5.11 Å². The van der Waals surface area contributed by atoms with Gasteiger partial charge in [0.2, 0.25) is 0 Å². The second-order valence-electron chi connectivity index (χ2n) is 3.99. The smallest absolute Gasteiger partial charge is 0.112 e. The molecule has 1 aromatic heterocycles. The van der Waals surface area contributed by atoms with Crippen molar-refractivity contribution in [1.82, 2.24) is 9.55 Å². The van der Waals surface area contributed by atoms with Crippen molar-refractivity contribution < 1.29 is 5.11 Å². The molecule has 1 aromatic rings. The molecule has 0 saturated heterocycles. The average Bonchev–Trinajstić information content (AvgIpc) is 2.94. The lowest BCUT2D eigenvalue weighted by molar-refractivity contribution is 0.140. The van der Waals surface area contributed by atoms with E-state index in [0.29, 0.717) is 11.7 Å². The van der Waals surface area contributed by atoms with Gasteiger partial charge in [-0.15, -0.1) is 0 Å². The van der Waals surface area contributed by atoms with Gasteiger partial charge in [-0.2, -0.15) is 0 Å². The molecular formula is C10H17N3O. The summed E-state index contributed by atoms with van der Waals surface area (Å²) in [5.41, 5.74) is 6.45. The highest BCUT2D eigenvalue weighted by Crippen LogP contribution is 2.35. The van der Waals surface area contributed by atoms with Crippen molar-refractivity contribution in [2.75, 3.05) is 0 Å². The minimum Gasteiger partial charge on any atom is -0.385 e. The highest BCUT2D eigenvalue weighted by Gasteiger charge is 2.25. The quantitative estimate of drug-likeness (QED) is 0.753. The Morgan fingerprint density at radius 1 is 1.71 bits per heavy atom. The number of hydrogen-bond acceptors (Lipinski definition) is 3. The van der Waals surface area contributed by atoms with Crippen molar-refractivity contribution >= 4 is 0 Å². The van der Waals surface area contributed by atoms with Crippen LogP contribution in [0.1, 0.15) is 44.0 Å². The van der Waals surface area contributed by atoms with Gasteiger partial charge in [0.15, 0.2) is 0 Å². The van der Waals surface area contributed by atoms with Crippen LogP contribution < -0.4 is 5.73 Å². The Balaban J connectivity index is 2.07. The Kier molecular flexibility index (Phi) is 2.56. The molecule has 1 aliphatic carbocycles. The first-order chi connectivity index (χ1) is 6.72. The van der Waals surface area contributed by atoms with Gasteiger partial charge in [0.25, 0.3) is 0 Å². The number of nitrogens with two attached hydrogens (primary N) is 1. The van der Waals surface area contributed by atoms with Crippen LogP contribution in [0, 0.1) is 0 Å². The standard InChI is InChI=1S/C10H17N3O/c1-2-8(11)10(14)9-5-13(6-12-9)7-3-4-7/h5-8,10,14H,2-4,11H2,1H3. The van der Waals surface area contributed by atoms with Crippen LogP contribution in [0.4, 0.5) is 0 Å². The van der Waals surface area contributed by atoms with Crippen LogP contribution >= 0.6 is 0 Å². The van der Waals surface area contributed by atoms with Gasteiger partial charge in [0, 0.05) is 18.3 Å². The molecule has 1 saturated carbocycles. The first-order valence-corrected chi connectivity index (χ1v) is 5.19. The molecular weight excluding hydrogens is 178 g/mol. The summed E-state index contributed by atoms with van der Waals surface area (Å²) in [5.74, 6) is 0. The van der Waals surface area contributed by atoms with E-state index in [-0.39, 0.29) is 6.04 Å². The first-order valence-electron chi connectivity index (χ1n) is 5.19. The van der Waals surface area contributed by atoms with Crippen LogP contribution in [0.2, 0.25) is 0 Å². The van der Waals surface area contributed by atoms with Crippen LogP contribution in [-0.2, 0) is 0 Å². The fourth-order valence-electron chi connectivity index (χ4n) is 1.52. The Morgan fingerprint density at radius 2 is 2.43 bits per heavy atom. The fraction of sp³-hybridized carbons (Fsp3) is 0.700. The second-order valence-corrected chi connectivity index (χ2v) is 3.99. The zero-order valence-corrected chi connectivity index (χ0v) is 8.43. The summed E-state index contributed by atoms with van der Waals surface area (Å²) in [5, 5.41) is 9.80. The lowest BCUT2D eigenvalue weighted by Crippen LogP contribution is -2.27. The lowest BCUT2D eigenvalue weighted by Gasteiger charge is -2.14. The zero-order chi connectivity index (χ0) is 10.1. The number of nitrogens with zero attached hydrogens (tertiary/aromatic N) is 2. The topological polar surface area (TPSA) is 64.1 Å². The number of aliphatic hydroxyl groups is 1. The molecule has 1 heterocycles. The summed E-state index contributed by atoms with van der Waals surface area (Å²) in [6.07, 6.45) is 6.30. The molecule has 0 bridgehead atoms. The summed E-state index contributed by atoms with van der Waals surface area (Å²) < 4.78 is 2.07. The summed E-state index contributed by atoms with van der Waals surface area (Å²) >= 11 is 0. The molecule has 0 aliphatic heterocycles. The van der Waals surface area contributed by atoms with Crippen molar-refractivity contribution in [2.24, 2.45) is 5.73 Å². The maximum absolute atomic E-state index is 9.80. The van der Waals surface area contributed by atoms with E-state index in [1.165, 1.54) is 12.8 Å². The Morgan fingerprint density at radius 3 is 3.00 bits per heavy atom. The van der Waals surface area contributed by atoms with Gasteiger partial charge in [-0.3, -0.25) is 0 Å². The van der Waals surface area contributed by atoms with Crippen molar-refractivity contribution in [3.8, 4) is 0 Å². The largest absolute Gasteiger partial charge is 0.385 e. The van der Waals surface area contributed by atoms with Gasteiger partial charge < -0.3 is 15.4 Å². The highest BCUT2D eigenvalue weighted by atomic mass is 16.3. The second kappa shape index (κ2) is 3.71. The number of aliphatic hydroxyl groups excluding tert-OH is 1. The lowest BCUT2D eigenvalue weighted by atomic mass is 10.1. The maximum atomic E-state index is 9.80. The number of rotatable bonds is 4. The van der Waals surface area contributed by atoms with E-state index in [1.54, 1.807) is 6.33 Å². The Labute approximate surface area is 83.8 Å². The predicted octanol–water partition coefficient (Wildman–Crippen LogP) is 0.989. The molecule has 0 radical (unpaired) electrons. The third-order valence-corrected chi connectivity index (χ3v) is 2.77. The molecule has 1 aliphatic rings. The minimum absolute atomic E-state index is 0.211. The van der Waals surface area contributed by atoms with Gasteiger partial charge in [-0.05, 0) is 19.3 Å². The van der Waals surface area contributed by atoms with E-state index < -0.39 is 6.10 Å². The third kappa shape index (κ3) is 1.81. The predicted molar refractivity (Wildman–Crippen MR) is 53.7 cm³/mol. The molecule has 2 unspecified atom stereocenters. The summed E-state index contributed by atoms with van der Waals surface area (Å²) in [6.45, 7) is 1.96. The molecule has 3 N–H and O–H groups in total. The Bertz CT molecular complexity index is 306. The average molecular weight is 195 g/mol. The minimum atomic E-state index is -0.625. The Hall–Kier alpha value is -0.870. The molecule has 78 valence electrons. The van der Waals surface area contributed by atoms with Gasteiger partial charge in [0.1, 0.15) is 6.10 Å². The van der Waals surface area contributed by atoms with Crippen LogP contribution in [0.25, 0.3) is 0 Å². The van der Waals surface area contributed by atoms with E-state index >= 15 is 0 Å². The van der Waals surface area contributed by atoms with Crippen molar-refractivity contribution in [2.45, 2.75) is 44.4 Å². The van der Waals surface area contributed by atoms with Crippen LogP contribution in [-0.4, -0.2) is 20.7 Å². The fourth-order valence-corrected chi connectivity index (χ4v) is 1.52. The number of hydrogen-bond donors (Lipinski definition) is 2. The van der Waals surface area contributed by atoms with E-state index in [1.807, 2.05) is 13.1 Å². The first kappa shape index (κ1) is 9.68. The molecule has 4 heteroatoms. The van der Waals surface area contributed by atoms with Crippen molar-refractivity contribution in [1.29, 1.82) is 0 Å². The zero-order valence-electron chi connectivity index (χ0n) is 8.43. The number of aromatic nitrogens is 2. The maximum Gasteiger partial charge on any atom is 0.112 e. The van der Waals surface area contributed by atoms with E-state index in [2.05, 4.69) is 9.55 Å². The number of imidazole rings is 1. The summed E-state index contributed by atoms with van der Waals surface area (Å²) in [7, 11) is 0. The van der Waals surface area contributed by atoms with Crippen molar-refractivity contribution in [3.63, 3.8) is 0 Å². The van der Waals surface area contributed by atoms with Gasteiger partial charge >= 0.3 is 0 Å². The molecule has 0 aromatic carbocycles. The normalized spacial score (nSPS) is 20.8. The van der Waals surface area contributed by atoms with Crippen LogP contribution in [0.3, 0.4) is 0 Å². The van der Waals surface area contributed by atoms with E-state index in [4.69, 9.17) is 5.73 Å². The molecule has 0 amide bonds.